The molecule has 2 aromatic rings. The lowest BCUT2D eigenvalue weighted by Gasteiger charge is -2.17. The summed E-state index contributed by atoms with van der Waals surface area (Å²) in [6.07, 6.45) is 1.78. The van der Waals surface area contributed by atoms with E-state index in [9.17, 15) is 4.79 Å². The number of hydrogen-bond donors (Lipinski definition) is 1. The van der Waals surface area contributed by atoms with E-state index < -0.39 is 0 Å². The molecule has 4 nitrogen and oxygen atoms in total. The summed E-state index contributed by atoms with van der Waals surface area (Å²) >= 11 is 5.78. The number of anilines is 1. The first-order chi connectivity index (χ1) is 10.0. The van der Waals surface area contributed by atoms with E-state index in [4.69, 9.17) is 11.6 Å². The molecule has 0 aliphatic rings. The van der Waals surface area contributed by atoms with Crippen molar-refractivity contribution in [2.45, 2.75) is 20.0 Å². The average molecular weight is 304 g/mol. The molecule has 0 fully saturated rings. The normalized spacial score (nSPS) is 10.7. The molecule has 0 radical (unpaired) electrons. The molecule has 2 rings (SSSR count). The summed E-state index contributed by atoms with van der Waals surface area (Å²) in [4.78, 5) is 17.3. The second-order valence-corrected chi connectivity index (χ2v) is 5.43. The minimum atomic E-state index is -0.0623. The first kappa shape index (κ1) is 15.5. The fourth-order valence-corrected chi connectivity index (χ4v) is 2.24. The van der Waals surface area contributed by atoms with Crippen molar-refractivity contribution in [3.63, 3.8) is 0 Å². The molecule has 1 N–H and O–H groups in total. The predicted molar refractivity (Wildman–Crippen MR) is 85.2 cm³/mol. The van der Waals surface area contributed by atoms with Gasteiger partial charge in [0.15, 0.2) is 0 Å². The second-order valence-electron chi connectivity index (χ2n) is 5.04. The summed E-state index contributed by atoms with van der Waals surface area (Å²) in [6.45, 7) is 3.08. The third kappa shape index (κ3) is 5.17. The Balaban J connectivity index is 1.97. The maximum Gasteiger partial charge on any atom is 0.221 e. The maximum absolute atomic E-state index is 11.1. The van der Waals surface area contributed by atoms with Crippen molar-refractivity contribution in [3.05, 3.63) is 58.9 Å². The highest BCUT2D eigenvalue weighted by atomic mass is 35.5. The van der Waals surface area contributed by atoms with Crippen molar-refractivity contribution >= 4 is 23.2 Å². The minimum absolute atomic E-state index is 0.0623. The molecule has 0 bridgehead atoms. The van der Waals surface area contributed by atoms with Gasteiger partial charge in [0, 0.05) is 31.9 Å². The molecule has 0 aliphatic carbocycles. The molecular formula is C16H18ClN3O. The lowest BCUT2D eigenvalue weighted by Crippen LogP contribution is -2.17. The second kappa shape index (κ2) is 7.20. The third-order valence-corrected chi connectivity index (χ3v) is 3.16. The quantitative estimate of drug-likeness (QED) is 0.862. The highest BCUT2D eigenvalue weighted by Crippen LogP contribution is 2.14. The van der Waals surface area contributed by atoms with Crippen molar-refractivity contribution in [2.24, 2.45) is 0 Å². The SMILES string of the molecule is CC(=O)Nc1cccc(CN(C)Cc2ccc(Cl)nc2)c1. The zero-order valence-corrected chi connectivity index (χ0v) is 12.9. The lowest BCUT2D eigenvalue weighted by molar-refractivity contribution is -0.114. The van der Waals surface area contributed by atoms with E-state index in [1.54, 1.807) is 12.3 Å². The molecule has 0 saturated carbocycles. The van der Waals surface area contributed by atoms with Crippen LogP contribution in [-0.2, 0) is 17.9 Å². The predicted octanol–water partition coefficient (Wildman–Crippen LogP) is 3.33. The summed E-state index contributed by atoms with van der Waals surface area (Å²) < 4.78 is 0. The highest BCUT2D eigenvalue weighted by Gasteiger charge is 2.04. The number of benzene rings is 1. The van der Waals surface area contributed by atoms with Gasteiger partial charge in [-0.15, -0.1) is 0 Å². The van der Waals surface area contributed by atoms with Crippen LogP contribution in [0.1, 0.15) is 18.1 Å². The molecule has 1 amide bonds. The van der Waals surface area contributed by atoms with E-state index in [1.165, 1.54) is 6.92 Å². The van der Waals surface area contributed by atoms with Crippen molar-refractivity contribution in [2.75, 3.05) is 12.4 Å². The van der Waals surface area contributed by atoms with E-state index >= 15 is 0 Å². The van der Waals surface area contributed by atoms with Crippen molar-refractivity contribution in [1.82, 2.24) is 9.88 Å². The smallest absolute Gasteiger partial charge is 0.221 e. The molecule has 1 heterocycles. The van der Waals surface area contributed by atoms with Gasteiger partial charge in [0.1, 0.15) is 5.15 Å². The van der Waals surface area contributed by atoms with Crippen molar-refractivity contribution in [3.8, 4) is 0 Å². The lowest BCUT2D eigenvalue weighted by atomic mass is 10.2. The maximum atomic E-state index is 11.1. The third-order valence-electron chi connectivity index (χ3n) is 2.94. The minimum Gasteiger partial charge on any atom is -0.326 e. The molecule has 0 spiro atoms. The van der Waals surface area contributed by atoms with Crippen LogP contribution in [0.2, 0.25) is 5.15 Å². The summed E-state index contributed by atoms with van der Waals surface area (Å²) in [6, 6.07) is 11.6. The Morgan fingerprint density at radius 2 is 2.00 bits per heavy atom. The number of nitrogens with zero attached hydrogens (tertiary/aromatic N) is 2. The van der Waals surface area contributed by atoms with Crippen LogP contribution in [0.15, 0.2) is 42.6 Å². The molecule has 0 aliphatic heterocycles. The van der Waals surface area contributed by atoms with Gasteiger partial charge < -0.3 is 5.32 Å². The van der Waals surface area contributed by atoms with Gasteiger partial charge in [-0.25, -0.2) is 4.98 Å². The number of halogens is 1. The number of aromatic nitrogens is 1. The van der Waals surface area contributed by atoms with E-state index in [0.717, 1.165) is 29.9 Å². The van der Waals surface area contributed by atoms with Gasteiger partial charge in [0.2, 0.25) is 5.91 Å². The standard InChI is InChI=1S/C16H18ClN3O/c1-12(21)19-15-5-3-4-13(8-15)10-20(2)11-14-6-7-16(17)18-9-14/h3-9H,10-11H2,1-2H3,(H,19,21). The number of rotatable bonds is 5. The Kier molecular flexibility index (Phi) is 5.31. The summed E-state index contributed by atoms with van der Waals surface area (Å²) in [5, 5.41) is 3.30. The molecule has 21 heavy (non-hydrogen) atoms. The van der Waals surface area contributed by atoms with E-state index in [-0.39, 0.29) is 5.91 Å². The zero-order valence-electron chi connectivity index (χ0n) is 12.1. The number of nitrogens with one attached hydrogen (secondary N) is 1. The van der Waals surface area contributed by atoms with Crippen LogP contribution in [0.4, 0.5) is 5.69 Å². The van der Waals surface area contributed by atoms with Crippen LogP contribution in [0.5, 0.6) is 0 Å². The number of pyridine rings is 1. The number of carbonyl (C=O) groups excluding carboxylic acids is 1. The number of amides is 1. The average Bonchev–Trinajstić information content (AvgIpc) is 2.41. The highest BCUT2D eigenvalue weighted by molar-refractivity contribution is 6.29. The van der Waals surface area contributed by atoms with Crippen LogP contribution in [-0.4, -0.2) is 22.8 Å². The molecule has 1 aromatic heterocycles. The monoisotopic (exact) mass is 303 g/mol. The van der Waals surface area contributed by atoms with Crippen LogP contribution >= 0.6 is 11.6 Å². The summed E-state index contributed by atoms with van der Waals surface area (Å²) in [7, 11) is 2.04. The van der Waals surface area contributed by atoms with Gasteiger partial charge in [0.05, 0.1) is 0 Å². The Labute approximate surface area is 129 Å². The largest absolute Gasteiger partial charge is 0.326 e. The first-order valence-electron chi connectivity index (χ1n) is 6.68. The molecule has 5 heteroatoms. The molecule has 0 atom stereocenters. The molecule has 1 aromatic carbocycles. The van der Waals surface area contributed by atoms with Gasteiger partial charge in [-0.1, -0.05) is 29.8 Å². The summed E-state index contributed by atoms with van der Waals surface area (Å²) in [5.41, 5.74) is 3.08. The van der Waals surface area contributed by atoms with Gasteiger partial charge >= 0.3 is 0 Å². The summed E-state index contributed by atoms with van der Waals surface area (Å²) in [5.74, 6) is -0.0623. The van der Waals surface area contributed by atoms with E-state index in [2.05, 4.69) is 15.2 Å². The molecule has 0 saturated heterocycles. The molecule has 0 unspecified atom stereocenters. The van der Waals surface area contributed by atoms with Crippen LogP contribution in [0.3, 0.4) is 0 Å². The van der Waals surface area contributed by atoms with Crippen molar-refractivity contribution < 1.29 is 4.79 Å². The number of hydrogen-bond acceptors (Lipinski definition) is 3. The van der Waals surface area contributed by atoms with Gasteiger partial charge in [-0.05, 0) is 36.4 Å². The van der Waals surface area contributed by atoms with Crippen molar-refractivity contribution in [1.29, 1.82) is 0 Å². The topological polar surface area (TPSA) is 45.2 Å². The first-order valence-corrected chi connectivity index (χ1v) is 7.06. The van der Waals surface area contributed by atoms with Gasteiger partial charge in [0.25, 0.3) is 0 Å². The zero-order chi connectivity index (χ0) is 15.2. The fraction of sp³-hybridized carbons (Fsp3) is 0.250. The molecule has 110 valence electrons. The van der Waals surface area contributed by atoms with E-state index in [1.807, 2.05) is 37.4 Å². The van der Waals surface area contributed by atoms with Gasteiger partial charge in [-0.3, -0.25) is 9.69 Å². The Bertz CT molecular complexity index is 613. The van der Waals surface area contributed by atoms with Gasteiger partial charge in [-0.2, -0.15) is 0 Å². The van der Waals surface area contributed by atoms with Crippen LogP contribution in [0.25, 0.3) is 0 Å². The van der Waals surface area contributed by atoms with Crippen LogP contribution < -0.4 is 5.32 Å². The number of carbonyl (C=O) groups is 1. The fourth-order valence-electron chi connectivity index (χ4n) is 2.13. The van der Waals surface area contributed by atoms with Crippen LogP contribution in [0, 0.1) is 0 Å². The Hall–Kier alpha value is -1.91. The Morgan fingerprint density at radius 1 is 1.24 bits per heavy atom. The van der Waals surface area contributed by atoms with E-state index in [0.29, 0.717) is 5.15 Å². The Morgan fingerprint density at radius 3 is 2.67 bits per heavy atom. The molecular weight excluding hydrogens is 286 g/mol.